The molecule has 2 aliphatic heterocycles. The molecule has 9 rings (SSSR count). The lowest BCUT2D eigenvalue weighted by molar-refractivity contribution is -0.140. The normalized spacial score (nSPS) is 11.8. The Kier molecular flexibility index (Phi) is 5.85. The molecule has 10 heteroatoms. The molecule has 2 N–H and O–H groups in total. The van der Waals surface area contributed by atoms with Gasteiger partial charge in [-0.3, -0.25) is 0 Å². The van der Waals surface area contributed by atoms with E-state index in [1.807, 2.05) is 91.0 Å². The van der Waals surface area contributed by atoms with Crippen LogP contribution in [0, 0.1) is 0 Å². The van der Waals surface area contributed by atoms with E-state index in [1.165, 1.54) is 0 Å². The van der Waals surface area contributed by atoms with Crippen LogP contribution in [0.2, 0.25) is 0 Å². The molecule has 3 aromatic heterocycles. The van der Waals surface area contributed by atoms with Crippen molar-refractivity contribution in [1.82, 2.24) is 39.9 Å². The zero-order valence-electron chi connectivity index (χ0n) is 25.1. The van der Waals surface area contributed by atoms with Gasteiger partial charge >= 0.3 is 5.97 Å². The Morgan fingerprint density at radius 1 is 0.574 bits per heavy atom. The fraction of sp³-hybridized carbons (Fsp3) is 0.0541. The number of carbonyl (C=O) groups is 1. The molecule has 0 unspecified atom stereocenters. The molecular formula is C37H24N8O2. The highest BCUT2D eigenvalue weighted by atomic mass is 16.5. The summed E-state index contributed by atoms with van der Waals surface area (Å²) >= 11 is 0. The third-order valence-electron chi connectivity index (χ3n) is 8.37. The number of nitrogens with zero attached hydrogens (tertiary/aromatic N) is 6. The monoisotopic (exact) mass is 612 g/mol. The first kappa shape index (κ1) is 26.8. The highest BCUT2D eigenvalue weighted by Crippen LogP contribution is 2.37. The van der Waals surface area contributed by atoms with E-state index in [0.29, 0.717) is 51.5 Å². The van der Waals surface area contributed by atoms with Crippen molar-refractivity contribution in [2.24, 2.45) is 0 Å². The van der Waals surface area contributed by atoms with Gasteiger partial charge in [-0.15, -0.1) is 0 Å². The Morgan fingerprint density at radius 3 is 1.51 bits per heavy atom. The molecule has 2 aliphatic rings. The lowest BCUT2D eigenvalue weighted by atomic mass is 10.1. The van der Waals surface area contributed by atoms with Crippen molar-refractivity contribution < 1.29 is 9.53 Å². The summed E-state index contributed by atoms with van der Waals surface area (Å²) in [4.78, 5) is 49.3. The molecule has 0 saturated carbocycles. The van der Waals surface area contributed by atoms with Crippen LogP contribution in [0.15, 0.2) is 103 Å². The molecular weight excluding hydrogens is 588 g/mol. The van der Waals surface area contributed by atoms with Gasteiger partial charge in [-0.1, -0.05) is 97.6 Å². The number of fused-ring (bicyclic) bond motifs is 20. The second-order valence-electron chi connectivity index (χ2n) is 11.4. The van der Waals surface area contributed by atoms with Crippen LogP contribution >= 0.6 is 0 Å². The molecule has 0 aliphatic carbocycles. The number of benzene rings is 4. The quantitative estimate of drug-likeness (QED) is 0.155. The van der Waals surface area contributed by atoms with E-state index in [1.54, 1.807) is 6.92 Å². The minimum Gasteiger partial charge on any atom is -0.457 e. The van der Waals surface area contributed by atoms with Crippen LogP contribution in [-0.2, 0) is 16.1 Å². The van der Waals surface area contributed by atoms with Crippen molar-refractivity contribution in [3.63, 3.8) is 0 Å². The lowest BCUT2D eigenvalue weighted by Gasteiger charge is -2.06. The van der Waals surface area contributed by atoms with Crippen LogP contribution < -0.4 is 0 Å². The first-order chi connectivity index (χ1) is 23.0. The van der Waals surface area contributed by atoms with Crippen LogP contribution in [0.5, 0.6) is 0 Å². The SMILES string of the molecule is C=C(C)C(=O)OCc1cccc2c3nc4nc(nc5[nH]c(nc6nc(nc([nH]3)c12)-c1ccccc1-6)c1ccccc51)-c1ccccc1-4. The molecule has 0 saturated heterocycles. The largest absolute Gasteiger partial charge is 0.457 e. The average Bonchev–Trinajstić information content (AvgIpc) is 3.83. The van der Waals surface area contributed by atoms with Crippen molar-refractivity contribution in [1.29, 1.82) is 0 Å². The van der Waals surface area contributed by atoms with E-state index < -0.39 is 5.97 Å². The molecule has 0 atom stereocenters. The van der Waals surface area contributed by atoms with Crippen LogP contribution in [0.3, 0.4) is 0 Å². The number of rotatable bonds is 3. The van der Waals surface area contributed by atoms with Gasteiger partial charge in [0.25, 0.3) is 0 Å². The smallest absolute Gasteiger partial charge is 0.333 e. The van der Waals surface area contributed by atoms with Crippen LogP contribution in [-0.4, -0.2) is 45.8 Å². The molecule has 8 bridgehead atoms. The summed E-state index contributed by atoms with van der Waals surface area (Å²) in [5.74, 6) is 1.61. The van der Waals surface area contributed by atoms with E-state index in [4.69, 9.17) is 34.6 Å². The van der Waals surface area contributed by atoms with E-state index in [0.717, 1.165) is 49.4 Å². The summed E-state index contributed by atoms with van der Waals surface area (Å²) in [6.45, 7) is 5.36. The molecule has 0 amide bonds. The molecule has 4 aromatic carbocycles. The van der Waals surface area contributed by atoms with Gasteiger partial charge in [-0.05, 0) is 6.92 Å². The minimum atomic E-state index is -0.468. The van der Waals surface area contributed by atoms with E-state index in [9.17, 15) is 4.79 Å². The van der Waals surface area contributed by atoms with Gasteiger partial charge in [0, 0.05) is 54.9 Å². The highest BCUT2D eigenvalue weighted by Gasteiger charge is 2.22. The summed E-state index contributed by atoms with van der Waals surface area (Å²) in [5.41, 5.74) is 6.87. The Balaban J connectivity index is 1.44. The minimum absolute atomic E-state index is 0.0290. The number of ether oxygens (including phenoxy) is 1. The Labute approximate surface area is 266 Å². The van der Waals surface area contributed by atoms with Crippen molar-refractivity contribution in [3.8, 4) is 45.6 Å². The second-order valence-corrected chi connectivity index (χ2v) is 11.4. The van der Waals surface area contributed by atoms with E-state index >= 15 is 0 Å². The maximum absolute atomic E-state index is 12.4. The molecule has 5 heterocycles. The van der Waals surface area contributed by atoms with Crippen molar-refractivity contribution in [2.45, 2.75) is 13.5 Å². The van der Waals surface area contributed by atoms with Gasteiger partial charge in [0.05, 0.1) is 0 Å². The topological polar surface area (TPSA) is 135 Å². The predicted molar refractivity (Wildman–Crippen MR) is 181 cm³/mol. The number of hydrogen-bond donors (Lipinski definition) is 2. The molecule has 10 nitrogen and oxygen atoms in total. The second kappa shape index (κ2) is 10.2. The number of hydrogen-bond acceptors (Lipinski definition) is 8. The summed E-state index contributed by atoms with van der Waals surface area (Å²) in [6, 6.07) is 29.6. The number of esters is 1. The van der Waals surface area contributed by atoms with Gasteiger partial charge < -0.3 is 14.7 Å². The van der Waals surface area contributed by atoms with Crippen molar-refractivity contribution in [2.75, 3.05) is 0 Å². The first-order valence-electron chi connectivity index (χ1n) is 15.1. The van der Waals surface area contributed by atoms with Gasteiger partial charge in [0.15, 0.2) is 23.3 Å². The maximum Gasteiger partial charge on any atom is 0.333 e. The molecule has 0 spiro atoms. The predicted octanol–water partition coefficient (Wildman–Crippen LogP) is 7.49. The zero-order valence-corrected chi connectivity index (χ0v) is 25.1. The summed E-state index contributed by atoms with van der Waals surface area (Å²) in [7, 11) is 0. The standard InChI is InChI=1S/C37H24N8O2/c1-19(2)37(46)47-18-20-10-9-17-27-28(20)36-44-34-26-16-8-7-15-25(26)32(42-34)40-30-22-12-4-3-11-21(22)29(38-30)39-31-23-13-5-6-14-24(23)33(41-31)43-35(27)45-36/h3-17H,1,18H2,2H3,(H2,38,39,40,41,42,43,44,45). The highest BCUT2D eigenvalue weighted by molar-refractivity contribution is 6.07. The number of carbonyl (C=O) groups excluding carboxylic acids is 1. The van der Waals surface area contributed by atoms with Crippen LogP contribution in [0.4, 0.5) is 0 Å². The van der Waals surface area contributed by atoms with Crippen molar-refractivity contribution in [3.05, 3.63) is 109 Å². The molecule has 47 heavy (non-hydrogen) atoms. The van der Waals surface area contributed by atoms with E-state index in [-0.39, 0.29) is 6.61 Å². The van der Waals surface area contributed by atoms with Gasteiger partial charge in [-0.25, -0.2) is 34.7 Å². The Morgan fingerprint density at radius 2 is 1.00 bits per heavy atom. The fourth-order valence-electron chi connectivity index (χ4n) is 6.15. The van der Waals surface area contributed by atoms with Gasteiger partial charge in [-0.2, -0.15) is 0 Å². The average molecular weight is 613 g/mol. The summed E-state index contributed by atoms with van der Waals surface area (Å²) in [6.07, 6.45) is 0. The number of nitrogens with one attached hydrogen (secondary N) is 2. The van der Waals surface area contributed by atoms with E-state index in [2.05, 4.69) is 16.5 Å². The number of aromatic nitrogens is 8. The Hall–Kier alpha value is -6.55. The van der Waals surface area contributed by atoms with Crippen LogP contribution in [0.1, 0.15) is 12.5 Å². The maximum atomic E-state index is 12.4. The van der Waals surface area contributed by atoms with Crippen molar-refractivity contribution >= 4 is 50.1 Å². The Bertz CT molecular complexity index is 2650. The number of H-pyrrole nitrogens is 2. The molecule has 224 valence electrons. The lowest BCUT2D eigenvalue weighted by Crippen LogP contribution is -2.05. The third kappa shape index (κ3) is 4.30. The summed E-state index contributed by atoms with van der Waals surface area (Å²) < 4.78 is 5.58. The molecule has 0 fully saturated rings. The zero-order chi connectivity index (χ0) is 31.6. The summed E-state index contributed by atoms with van der Waals surface area (Å²) in [5, 5.41) is 3.38. The van der Waals surface area contributed by atoms with Crippen LogP contribution in [0.25, 0.3) is 89.7 Å². The molecule has 0 radical (unpaired) electrons. The third-order valence-corrected chi connectivity index (χ3v) is 8.37. The molecule has 7 aromatic rings. The van der Waals surface area contributed by atoms with Gasteiger partial charge in [0.1, 0.15) is 29.2 Å². The fourth-order valence-corrected chi connectivity index (χ4v) is 6.15. The number of aromatic amines is 2. The van der Waals surface area contributed by atoms with Gasteiger partial charge in [0.2, 0.25) is 0 Å². The first-order valence-corrected chi connectivity index (χ1v) is 15.1.